The Balaban J connectivity index is 1.10. The van der Waals surface area contributed by atoms with Crippen LogP contribution in [0.3, 0.4) is 0 Å². The summed E-state index contributed by atoms with van der Waals surface area (Å²) in [6.45, 7) is 0. The van der Waals surface area contributed by atoms with Gasteiger partial charge in [0.05, 0.1) is 22.2 Å². The summed E-state index contributed by atoms with van der Waals surface area (Å²) >= 11 is 0. The molecule has 1 aromatic heterocycles. The van der Waals surface area contributed by atoms with Gasteiger partial charge in [-0.05, 0) is 113 Å². The number of fused-ring (bicyclic) bond motifs is 6. The molecular weight excluding hydrogens is 777 g/mol. The van der Waals surface area contributed by atoms with E-state index >= 15 is 0 Å². The molecule has 3 aliphatic rings. The van der Waals surface area contributed by atoms with Crippen LogP contribution in [-0.2, 0) is 5.41 Å². The summed E-state index contributed by atoms with van der Waals surface area (Å²) in [5.74, 6) is 0.252. The Morgan fingerprint density at radius 2 is 1.08 bits per heavy atom. The standard InChI is InChI=1S/C61H46N2O/c1-6-21-43(22-7-1)50-33-20-34-53-58-56(62(46-25-10-3-11-26-46)47-27-12-4-13-28-47)41-42-57(60(58)64-59(50)53)63(48-29-14-5-15-30-48)49-39-37-45(38-40-49)61(44-23-8-2-9-24-44)54-35-18-16-31-51(54)52-32-17-19-36-55(52)61/h1-12,14-23,25-27,29-42,44H,13,24,28H2. The molecule has 0 saturated carbocycles. The van der Waals surface area contributed by atoms with E-state index in [1.165, 1.54) is 33.5 Å². The number of para-hydroxylation sites is 3. The molecule has 0 N–H and O–H groups in total. The van der Waals surface area contributed by atoms with Crippen LogP contribution in [0.2, 0.25) is 0 Å². The maximum atomic E-state index is 7.37. The first-order valence-electron chi connectivity index (χ1n) is 22.5. The van der Waals surface area contributed by atoms with Crippen molar-refractivity contribution < 1.29 is 4.42 Å². The Hall–Kier alpha value is -7.88. The first-order chi connectivity index (χ1) is 31.8. The Morgan fingerprint density at radius 1 is 0.469 bits per heavy atom. The largest absolute Gasteiger partial charge is 0.453 e. The van der Waals surface area contributed by atoms with E-state index in [4.69, 9.17) is 4.42 Å². The predicted octanol–water partition coefficient (Wildman–Crippen LogP) is 16.5. The summed E-state index contributed by atoms with van der Waals surface area (Å²) in [7, 11) is 0. The molecule has 3 aliphatic carbocycles. The quantitative estimate of drug-likeness (QED) is 0.145. The SMILES string of the molecule is C1=CCCC(N(c2ccccc2)c2ccc(N(c3ccccc3)c3ccc(C4(C5C=CC=CC5)c5ccccc5-c5ccccc54)cc3)c3oc4c(-c5ccccc5)cccc4c23)=C1. The van der Waals surface area contributed by atoms with Gasteiger partial charge in [0.1, 0.15) is 5.58 Å². The second kappa shape index (κ2) is 15.8. The van der Waals surface area contributed by atoms with Crippen LogP contribution in [0.15, 0.2) is 247 Å². The molecule has 0 saturated heterocycles. The number of hydrogen-bond acceptors (Lipinski definition) is 3. The van der Waals surface area contributed by atoms with E-state index in [0.29, 0.717) is 0 Å². The lowest BCUT2D eigenvalue weighted by Gasteiger charge is -2.40. The van der Waals surface area contributed by atoms with E-state index in [9.17, 15) is 0 Å². The highest BCUT2D eigenvalue weighted by Gasteiger charge is 2.49. The maximum Gasteiger partial charge on any atom is 0.161 e. The van der Waals surface area contributed by atoms with E-state index in [1.807, 2.05) is 0 Å². The molecule has 3 heteroatoms. The number of nitrogens with zero attached hydrogens (tertiary/aromatic N) is 2. The van der Waals surface area contributed by atoms with E-state index in [0.717, 1.165) is 80.8 Å². The topological polar surface area (TPSA) is 19.6 Å². The van der Waals surface area contributed by atoms with Crippen LogP contribution in [0.5, 0.6) is 0 Å². The zero-order valence-electron chi connectivity index (χ0n) is 35.5. The molecule has 1 unspecified atom stereocenters. The Bertz CT molecular complexity index is 3260. The number of allylic oxidation sites excluding steroid dienone is 8. The van der Waals surface area contributed by atoms with Crippen molar-refractivity contribution in [2.75, 3.05) is 9.80 Å². The molecule has 0 spiro atoms. The molecular formula is C61H46N2O. The van der Waals surface area contributed by atoms with Gasteiger partial charge < -0.3 is 14.2 Å². The lowest BCUT2D eigenvalue weighted by atomic mass is 9.62. The smallest absolute Gasteiger partial charge is 0.161 e. The number of rotatable bonds is 9. The normalized spacial score (nSPS) is 15.8. The molecule has 9 aromatic rings. The van der Waals surface area contributed by atoms with Gasteiger partial charge in [-0.3, -0.25) is 0 Å². The highest BCUT2D eigenvalue weighted by molar-refractivity contribution is 6.19. The van der Waals surface area contributed by atoms with Crippen LogP contribution in [-0.4, -0.2) is 0 Å². The summed E-state index contributed by atoms with van der Waals surface area (Å²) in [6, 6.07) is 70.8. The Labute approximate surface area is 374 Å². The van der Waals surface area contributed by atoms with Crippen molar-refractivity contribution in [2.24, 2.45) is 5.92 Å². The first-order valence-corrected chi connectivity index (χ1v) is 22.5. The minimum absolute atomic E-state index is 0.252. The highest BCUT2D eigenvalue weighted by atomic mass is 16.3. The van der Waals surface area contributed by atoms with E-state index in [-0.39, 0.29) is 11.3 Å². The highest BCUT2D eigenvalue weighted by Crippen LogP contribution is 2.58. The summed E-state index contributed by atoms with van der Waals surface area (Å²) in [4.78, 5) is 4.81. The average molecular weight is 823 g/mol. The third-order valence-electron chi connectivity index (χ3n) is 13.6. The van der Waals surface area contributed by atoms with Crippen molar-refractivity contribution in [3.8, 4) is 22.3 Å². The minimum Gasteiger partial charge on any atom is -0.453 e. The van der Waals surface area contributed by atoms with E-state index < -0.39 is 0 Å². The number of benzene rings is 8. The number of anilines is 5. The number of hydrogen-bond donors (Lipinski definition) is 0. The van der Waals surface area contributed by atoms with E-state index in [1.54, 1.807) is 0 Å². The maximum absolute atomic E-state index is 7.37. The molecule has 1 heterocycles. The second-order valence-electron chi connectivity index (χ2n) is 17.0. The van der Waals surface area contributed by atoms with Gasteiger partial charge in [0.25, 0.3) is 0 Å². The van der Waals surface area contributed by atoms with Crippen LogP contribution < -0.4 is 9.80 Å². The molecule has 306 valence electrons. The molecule has 8 aromatic carbocycles. The van der Waals surface area contributed by atoms with Crippen LogP contribution in [0.25, 0.3) is 44.2 Å². The van der Waals surface area contributed by atoms with Gasteiger partial charge in [-0.2, -0.15) is 0 Å². The van der Waals surface area contributed by atoms with Crippen LogP contribution in [0, 0.1) is 5.92 Å². The Kier molecular flexibility index (Phi) is 9.34. The monoisotopic (exact) mass is 822 g/mol. The van der Waals surface area contributed by atoms with Gasteiger partial charge in [0.15, 0.2) is 5.58 Å². The van der Waals surface area contributed by atoms with Gasteiger partial charge in [0, 0.05) is 33.7 Å². The molecule has 64 heavy (non-hydrogen) atoms. The van der Waals surface area contributed by atoms with Crippen molar-refractivity contribution in [3.63, 3.8) is 0 Å². The van der Waals surface area contributed by atoms with Crippen molar-refractivity contribution in [2.45, 2.75) is 24.7 Å². The molecule has 0 bridgehead atoms. The third-order valence-corrected chi connectivity index (χ3v) is 13.6. The van der Waals surface area contributed by atoms with Crippen molar-refractivity contribution in [3.05, 3.63) is 259 Å². The minimum atomic E-state index is -0.351. The van der Waals surface area contributed by atoms with Gasteiger partial charge >= 0.3 is 0 Å². The summed E-state index contributed by atoms with van der Waals surface area (Å²) in [6.07, 6.45) is 18.8. The first kappa shape index (κ1) is 37.8. The molecule has 0 aliphatic heterocycles. The molecule has 3 nitrogen and oxygen atoms in total. The molecule has 12 rings (SSSR count). The molecule has 0 radical (unpaired) electrons. The van der Waals surface area contributed by atoms with Gasteiger partial charge in [-0.25, -0.2) is 0 Å². The van der Waals surface area contributed by atoms with Crippen LogP contribution >= 0.6 is 0 Å². The zero-order chi connectivity index (χ0) is 42.5. The molecule has 1 atom stereocenters. The summed E-state index contributed by atoms with van der Waals surface area (Å²) in [5, 5.41) is 2.16. The molecule has 0 fully saturated rings. The van der Waals surface area contributed by atoms with E-state index in [2.05, 4.69) is 246 Å². The third kappa shape index (κ3) is 6.03. The van der Waals surface area contributed by atoms with Crippen molar-refractivity contribution >= 4 is 50.4 Å². The zero-order valence-corrected chi connectivity index (χ0v) is 35.5. The number of furan rings is 1. The van der Waals surface area contributed by atoms with Crippen LogP contribution in [0.1, 0.15) is 36.0 Å². The van der Waals surface area contributed by atoms with Gasteiger partial charge in [0.2, 0.25) is 0 Å². The summed E-state index contributed by atoms with van der Waals surface area (Å²) in [5.41, 5.74) is 16.8. The lowest BCUT2D eigenvalue weighted by Crippen LogP contribution is -2.35. The van der Waals surface area contributed by atoms with Crippen molar-refractivity contribution in [1.82, 2.24) is 0 Å². The molecule has 0 amide bonds. The summed E-state index contributed by atoms with van der Waals surface area (Å²) < 4.78 is 7.37. The fourth-order valence-electron chi connectivity index (χ4n) is 10.9. The second-order valence-corrected chi connectivity index (χ2v) is 17.0. The fraction of sp³-hybridized carbons (Fsp3) is 0.0820. The fourth-order valence-corrected chi connectivity index (χ4v) is 10.9. The van der Waals surface area contributed by atoms with Gasteiger partial charge in [-0.15, -0.1) is 0 Å². The predicted molar refractivity (Wildman–Crippen MR) is 267 cm³/mol. The lowest BCUT2D eigenvalue weighted by molar-refractivity contribution is 0.457. The average Bonchev–Trinajstić information content (AvgIpc) is 3.92. The van der Waals surface area contributed by atoms with Gasteiger partial charge in [-0.1, -0.05) is 182 Å². The van der Waals surface area contributed by atoms with Crippen molar-refractivity contribution in [1.29, 1.82) is 0 Å². The van der Waals surface area contributed by atoms with Crippen LogP contribution in [0.4, 0.5) is 28.4 Å². The Morgan fingerprint density at radius 3 is 1.73 bits per heavy atom.